The number of thiocarbonyl (C=S) groups is 1. The minimum Gasteiger partial charge on any atom is -0.493 e. The Labute approximate surface area is 105 Å². The molecule has 0 saturated carbocycles. The number of hydrogen-bond donors (Lipinski definition) is 2. The maximum atomic E-state index is 11.7. The number of nitrogens with two attached hydrogens (primary N) is 1. The quantitative estimate of drug-likeness (QED) is 0.757. The third-order valence-electron chi connectivity index (χ3n) is 2.07. The maximum absolute atomic E-state index is 11.7. The Morgan fingerprint density at radius 2 is 2.00 bits per heavy atom. The van der Waals surface area contributed by atoms with Crippen LogP contribution in [0.15, 0.2) is 18.2 Å². The Kier molecular flexibility index (Phi) is 4.71. The normalized spacial score (nSPS) is 9.53. The van der Waals surface area contributed by atoms with E-state index >= 15 is 0 Å². The fourth-order valence-electron chi connectivity index (χ4n) is 1.25. The van der Waals surface area contributed by atoms with Gasteiger partial charge in [-0.15, -0.1) is 0 Å². The second-order valence-electron chi connectivity index (χ2n) is 3.22. The standard InChI is InChI=1S/C11H14N2O3S/c1-15-8-4-3-7(5-9(8)16-2)11(14)13-6-10(12)17/h3-5H,6H2,1-2H3,(H2,12,17)(H,13,14). The van der Waals surface area contributed by atoms with Gasteiger partial charge in [-0.1, -0.05) is 12.2 Å². The van der Waals surface area contributed by atoms with Crippen molar-refractivity contribution in [2.75, 3.05) is 20.8 Å². The number of ether oxygens (including phenoxy) is 2. The third-order valence-corrected chi connectivity index (χ3v) is 2.21. The molecule has 0 fully saturated rings. The first kappa shape index (κ1) is 13.2. The van der Waals surface area contributed by atoms with Gasteiger partial charge in [0.2, 0.25) is 0 Å². The highest BCUT2D eigenvalue weighted by Gasteiger charge is 2.10. The largest absolute Gasteiger partial charge is 0.493 e. The van der Waals surface area contributed by atoms with Crippen LogP contribution in [0.2, 0.25) is 0 Å². The highest BCUT2D eigenvalue weighted by atomic mass is 32.1. The Hall–Kier alpha value is -1.82. The fraction of sp³-hybridized carbons (Fsp3) is 0.273. The molecule has 3 N–H and O–H groups in total. The molecule has 0 aliphatic heterocycles. The first-order chi connectivity index (χ1) is 8.08. The zero-order chi connectivity index (χ0) is 12.8. The van der Waals surface area contributed by atoms with Gasteiger partial charge in [0.1, 0.15) is 0 Å². The van der Waals surface area contributed by atoms with Crippen molar-refractivity contribution in [1.29, 1.82) is 0 Å². The predicted octanol–water partition coefficient (Wildman–Crippen LogP) is 0.720. The number of carbonyl (C=O) groups excluding carboxylic acids is 1. The zero-order valence-electron chi connectivity index (χ0n) is 9.65. The molecule has 0 spiro atoms. The number of nitrogens with one attached hydrogen (secondary N) is 1. The molecule has 17 heavy (non-hydrogen) atoms. The van der Waals surface area contributed by atoms with E-state index in [1.165, 1.54) is 14.2 Å². The monoisotopic (exact) mass is 254 g/mol. The smallest absolute Gasteiger partial charge is 0.251 e. The topological polar surface area (TPSA) is 73.6 Å². The number of amides is 1. The van der Waals surface area contributed by atoms with Crippen molar-refractivity contribution < 1.29 is 14.3 Å². The Balaban J connectivity index is 2.84. The Bertz CT molecular complexity index is 435. The van der Waals surface area contributed by atoms with Crippen LogP contribution in [0.1, 0.15) is 10.4 Å². The summed E-state index contributed by atoms with van der Waals surface area (Å²) >= 11 is 4.67. The van der Waals surface area contributed by atoms with Crippen LogP contribution in [0.25, 0.3) is 0 Å². The van der Waals surface area contributed by atoms with Crippen molar-refractivity contribution in [3.05, 3.63) is 23.8 Å². The minimum atomic E-state index is -0.265. The summed E-state index contributed by atoms with van der Waals surface area (Å²) in [5.41, 5.74) is 5.75. The average molecular weight is 254 g/mol. The van der Waals surface area contributed by atoms with Crippen molar-refractivity contribution in [1.82, 2.24) is 5.32 Å². The minimum absolute atomic E-state index is 0.169. The first-order valence-corrected chi connectivity index (χ1v) is 5.28. The van der Waals surface area contributed by atoms with Crippen LogP contribution in [0.4, 0.5) is 0 Å². The van der Waals surface area contributed by atoms with Gasteiger partial charge in [0, 0.05) is 5.56 Å². The number of benzene rings is 1. The van der Waals surface area contributed by atoms with E-state index in [1.807, 2.05) is 0 Å². The summed E-state index contributed by atoms with van der Waals surface area (Å²) in [6, 6.07) is 4.89. The first-order valence-electron chi connectivity index (χ1n) is 4.87. The molecule has 1 rings (SSSR count). The van der Waals surface area contributed by atoms with Crippen molar-refractivity contribution in [3.8, 4) is 11.5 Å². The Morgan fingerprint density at radius 3 is 2.53 bits per heavy atom. The highest BCUT2D eigenvalue weighted by Crippen LogP contribution is 2.27. The van der Waals surface area contributed by atoms with Gasteiger partial charge in [-0.05, 0) is 18.2 Å². The lowest BCUT2D eigenvalue weighted by Gasteiger charge is -2.09. The zero-order valence-corrected chi connectivity index (χ0v) is 10.5. The summed E-state index contributed by atoms with van der Waals surface area (Å²) in [5.74, 6) is 0.799. The lowest BCUT2D eigenvalue weighted by molar-refractivity contribution is 0.0959. The van der Waals surface area contributed by atoms with Gasteiger partial charge in [-0.25, -0.2) is 0 Å². The fourth-order valence-corrected chi connectivity index (χ4v) is 1.32. The number of hydrogen-bond acceptors (Lipinski definition) is 4. The van der Waals surface area contributed by atoms with E-state index in [2.05, 4.69) is 17.5 Å². The number of carbonyl (C=O) groups is 1. The van der Waals surface area contributed by atoms with Gasteiger partial charge >= 0.3 is 0 Å². The van der Waals surface area contributed by atoms with E-state index in [9.17, 15) is 4.79 Å². The van der Waals surface area contributed by atoms with E-state index < -0.39 is 0 Å². The van der Waals surface area contributed by atoms with E-state index in [4.69, 9.17) is 15.2 Å². The van der Waals surface area contributed by atoms with Crippen molar-refractivity contribution in [3.63, 3.8) is 0 Å². The molecule has 0 atom stereocenters. The van der Waals surface area contributed by atoms with Crippen molar-refractivity contribution in [2.45, 2.75) is 0 Å². The number of methoxy groups -OCH3 is 2. The van der Waals surface area contributed by atoms with Gasteiger partial charge in [-0.3, -0.25) is 4.79 Å². The van der Waals surface area contributed by atoms with Crippen LogP contribution < -0.4 is 20.5 Å². The lowest BCUT2D eigenvalue weighted by Crippen LogP contribution is -2.32. The summed E-state index contributed by atoms with van der Waals surface area (Å²) in [6.45, 7) is 0.169. The van der Waals surface area contributed by atoms with Crippen LogP contribution >= 0.6 is 12.2 Å². The average Bonchev–Trinajstić information content (AvgIpc) is 2.34. The van der Waals surface area contributed by atoms with E-state index in [-0.39, 0.29) is 17.4 Å². The summed E-state index contributed by atoms with van der Waals surface area (Å²) < 4.78 is 10.2. The maximum Gasteiger partial charge on any atom is 0.251 e. The van der Waals surface area contributed by atoms with Gasteiger partial charge in [-0.2, -0.15) is 0 Å². The van der Waals surface area contributed by atoms with Gasteiger partial charge in [0.25, 0.3) is 5.91 Å². The van der Waals surface area contributed by atoms with Crippen LogP contribution in [0.5, 0.6) is 11.5 Å². The van der Waals surface area contributed by atoms with Gasteiger partial charge < -0.3 is 20.5 Å². The summed E-state index contributed by atoms with van der Waals surface area (Å²) in [4.78, 5) is 11.9. The molecule has 6 heteroatoms. The molecule has 0 heterocycles. The second-order valence-corrected chi connectivity index (χ2v) is 3.74. The molecule has 1 aromatic carbocycles. The highest BCUT2D eigenvalue weighted by molar-refractivity contribution is 7.80. The predicted molar refractivity (Wildman–Crippen MR) is 68.7 cm³/mol. The number of rotatable bonds is 5. The summed E-state index contributed by atoms with van der Waals surface area (Å²) in [6.07, 6.45) is 0. The van der Waals surface area contributed by atoms with Crippen LogP contribution in [-0.2, 0) is 0 Å². The molecule has 92 valence electrons. The van der Waals surface area contributed by atoms with E-state index in [0.717, 1.165) is 0 Å². The molecule has 0 unspecified atom stereocenters. The lowest BCUT2D eigenvalue weighted by atomic mass is 10.2. The molecule has 1 aromatic rings. The SMILES string of the molecule is COc1ccc(C(=O)NCC(N)=S)cc1OC. The van der Waals surface area contributed by atoms with Crippen LogP contribution in [0.3, 0.4) is 0 Å². The van der Waals surface area contributed by atoms with E-state index in [0.29, 0.717) is 17.1 Å². The van der Waals surface area contributed by atoms with E-state index in [1.54, 1.807) is 18.2 Å². The summed E-state index contributed by atoms with van der Waals surface area (Å²) in [5, 5.41) is 2.59. The van der Waals surface area contributed by atoms with Gasteiger partial charge in [0.05, 0.1) is 25.8 Å². The molecule has 0 aromatic heterocycles. The molecule has 0 radical (unpaired) electrons. The van der Waals surface area contributed by atoms with Crippen LogP contribution in [0, 0.1) is 0 Å². The van der Waals surface area contributed by atoms with Crippen LogP contribution in [-0.4, -0.2) is 31.7 Å². The second kappa shape index (κ2) is 6.05. The molecule has 0 aliphatic carbocycles. The molecule has 0 saturated heterocycles. The summed E-state index contributed by atoms with van der Waals surface area (Å²) in [7, 11) is 3.04. The molecule has 0 bridgehead atoms. The molecule has 1 amide bonds. The van der Waals surface area contributed by atoms with Gasteiger partial charge in [0.15, 0.2) is 11.5 Å². The van der Waals surface area contributed by atoms with Crippen molar-refractivity contribution >= 4 is 23.1 Å². The van der Waals surface area contributed by atoms with Crippen molar-refractivity contribution in [2.24, 2.45) is 5.73 Å². The molecule has 0 aliphatic rings. The third kappa shape index (κ3) is 3.60. The molecular weight excluding hydrogens is 240 g/mol. The molecular formula is C11H14N2O3S. The Morgan fingerprint density at radius 1 is 1.35 bits per heavy atom. The molecule has 5 nitrogen and oxygen atoms in total.